The second-order valence-electron chi connectivity index (χ2n) is 6.00. The van der Waals surface area contributed by atoms with Gasteiger partial charge < -0.3 is 4.74 Å². The number of thiophene rings is 1. The van der Waals surface area contributed by atoms with Gasteiger partial charge in [0.05, 0.1) is 13.2 Å². The number of benzene rings is 1. The van der Waals surface area contributed by atoms with Crippen LogP contribution in [-0.2, 0) is 10.0 Å². The number of ether oxygens (including phenoxy) is 1. The zero-order valence-corrected chi connectivity index (χ0v) is 16.5. The van der Waals surface area contributed by atoms with Crippen LogP contribution in [0, 0.1) is 13.8 Å². The first kappa shape index (κ1) is 18.6. The Balaban J connectivity index is 1.89. The summed E-state index contributed by atoms with van der Waals surface area (Å²) in [5.41, 5.74) is 2.88. The average molecular weight is 392 g/mol. The van der Waals surface area contributed by atoms with Crippen molar-refractivity contribution in [2.24, 2.45) is 0 Å². The van der Waals surface area contributed by atoms with Gasteiger partial charge in [-0.15, -0.1) is 0 Å². The zero-order chi connectivity index (χ0) is 18.7. The van der Waals surface area contributed by atoms with Crippen molar-refractivity contribution in [3.8, 4) is 5.75 Å². The number of hydrogen-bond donors (Lipinski definition) is 1. The minimum Gasteiger partial charge on any atom is -0.495 e. The number of hydrogen-bond acceptors (Lipinski definition) is 5. The van der Waals surface area contributed by atoms with E-state index in [0.29, 0.717) is 5.75 Å². The molecule has 1 atom stereocenters. The van der Waals surface area contributed by atoms with Crippen LogP contribution < -0.4 is 9.46 Å². The van der Waals surface area contributed by atoms with Crippen LogP contribution in [0.25, 0.3) is 0 Å². The van der Waals surface area contributed by atoms with Crippen LogP contribution in [0.3, 0.4) is 0 Å². The van der Waals surface area contributed by atoms with Gasteiger partial charge >= 0.3 is 0 Å². The summed E-state index contributed by atoms with van der Waals surface area (Å²) in [6.07, 6.45) is 3.51. The Kier molecular flexibility index (Phi) is 5.45. The summed E-state index contributed by atoms with van der Waals surface area (Å²) in [7, 11) is -2.26. The normalized spacial score (nSPS) is 12.9. The van der Waals surface area contributed by atoms with Gasteiger partial charge in [-0.3, -0.25) is 4.68 Å². The number of nitrogens with zero attached hydrogens (tertiary/aromatic N) is 2. The predicted octanol–water partition coefficient (Wildman–Crippen LogP) is 3.14. The highest BCUT2D eigenvalue weighted by atomic mass is 32.2. The molecule has 0 saturated heterocycles. The minimum absolute atomic E-state index is 0.146. The van der Waals surface area contributed by atoms with Crippen molar-refractivity contribution in [1.29, 1.82) is 0 Å². The van der Waals surface area contributed by atoms with Crippen LogP contribution in [0.1, 0.15) is 22.7 Å². The molecule has 1 aromatic carbocycles. The number of sulfonamides is 1. The van der Waals surface area contributed by atoms with Crippen LogP contribution in [0.5, 0.6) is 5.75 Å². The third-order valence-electron chi connectivity index (χ3n) is 4.31. The molecule has 1 unspecified atom stereocenters. The molecule has 0 aliphatic rings. The van der Waals surface area contributed by atoms with E-state index in [1.165, 1.54) is 7.11 Å². The smallest absolute Gasteiger partial charge is 0.244 e. The lowest BCUT2D eigenvalue weighted by Crippen LogP contribution is -2.31. The van der Waals surface area contributed by atoms with Crippen molar-refractivity contribution >= 4 is 21.4 Å². The van der Waals surface area contributed by atoms with E-state index in [1.54, 1.807) is 34.3 Å². The molecule has 0 saturated carbocycles. The lowest BCUT2D eigenvalue weighted by Gasteiger charge is -2.19. The SMILES string of the molecule is COc1cc(C)c(C)cc1S(=O)(=O)NCC(c1ccsc1)n1cccn1. The fraction of sp³-hybridized carbons (Fsp3) is 0.278. The fourth-order valence-electron chi connectivity index (χ4n) is 2.69. The average Bonchev–Trinajstić information content (AvgIpc) is 3.31. The largest absolute Gasteiger partial charge is 0.495 e. The molecule has 0 aliphatic carbocycles. The fourth-order valence-corrected chi connectivity index (χ4v) is 4.67. The van der Waals surface area contributed by atoms with E-state index in [1.807, 2.05) is 42.9 Å². The second kappa shape index (κ2) is 7.61. The van der Waals surface area contributed by atoms with Crippen molar-refractivity contribution in [2.45, 2.75) is 24.8 Å². The van der Waals surface area contributed by atoms with Gasteiger partial charge in [0.15, 0.2) is 0 Å². The van der Waals surface area contributed by atoms with Crippen LogP contribution in [0.15, 0.2) is 52.3 Å². The molecule has 0 fully saturated rings. The van der Waals surface area contributed by atoms with E-state index in [9.17, 15) is 8.42 Å². The molecule has 2 aromatic heterocycles. The van der Waals surface area contributed by atoms with Gasteiger partial charge in [-0.05, 0) is 65.6 Å². The highest BCUT2D eigenvalue weighted by molar-refractivity contribution is 7.89. The highest BCUT2D eigenvalue weighted by Gasteiger charge is 2.23. The number of rotatable bonds is 7. The molecule has 0 aliphatic heterocycles. The maximum atomic E-state index is 12.9. The van der Waals surface area contributed by atoms with Gasteiger partial charge in [-0.2, -0.15) is 16.4 Å². The Morgan fingerprint density at radius 3 is 2.69 bits per heavy atom. The molecule has 6 nitrogen and oxygen atoms in total. The van der Waals surface area contributed by atoms with E-state index in [2.05, 4.69) is 9.82 Å². The first-order chi connectivity index (χ1) is 12.4. The van der Waals surface area contributed by atoms with Crippen LogP contribution in [0.2, 0.25) is 0 Å². The lowest BCUT2D eigenvalue weighted by molar-refractivity contribution is 0.401. The molecule has 138 valence electrons. The van der Waals surface area contributed by atoms with Gasteiger partial charge in [0.2, 0.25) is 10.0 Å². The van der Waals surface area contributed by atoms with Crippen molar-refractivity contribution in [2.75, 3.05) is 13.7 Å². The lowest BCUT2D eigenvalue weighted by atomic mass is 10.1. The molecular weight excluding hydrogens is 370 g/mol. The molecule has 0 radical (unpaired) electrons. The van der Waals surface area contributed by atoms with Gasteiger partial charge in [-0.1, -0.05) is 0 Å². The number of aromatic nitrogens is 2. The topological polar surface area (TPSA) is 73.2 Å². The van der Waals surface area contributed by atoms with Gasteiger partial charge in [-0.25, -0.2) is 13.1 Å². The predicted molar refractivity (Wildman–Crippen MR) is 102 cm³/mol. The van der Waals surface area contributed by atoms with Gasteiger partial charge in [0, 0.05) is 18.9 Å². The summed E-state index contributed by atoms with van der Waals surface area (Å²) >= 11 is 1.57. The number of nitrogens with one attached hydrogen (secondary N) is 1. The van der Waals surface area contributed by atoms with Gasteiger partial charge in [0.25, 0.3) is 0 Å². The standard InChI is InChI=1S/C18H21N3O3S2/c1-13-9-17(24-3)18(10-14(13)2)26(22,23)20-11-16(15-5-8-25-12-15)21-7-4-6-19-21/h4-10,12,16,20H,11H2,1-3H3. The number of aryl methyl sites for hydroxylation is 2. The van der Waals surface area contributed by atoms with Gasteiger partial charge in [0.1, 0.15) is 10.6 Å². The molecular formula is C18H21N3O3S2. The summed E-state index contributed by atoms with van der Waals surface area (Å²) in [6, 6.07) is 6.96. The molecule has 0 bridgehead atoms. The van der Waals surface area contributed by atoms with E-state index < -0.39 is 10.0 Å². The summed E-state index contributed by atoms with van der Waals surface area (Å²) in [4.78, 5) is 0.146. The Hall–Kier alpha value is -2.16. The van der Waals surface area contributed by atoms with E-state index in [0.717, 1.165) is 16.7 Å². The molecule has 26 heavy (non-hydrogen) atoms. The van der Waals surface area contributed by atoms with Crippen molar-refractivity contribution in [3.63, 3.8) is 0 Å². The van der Waals surface area contributed by atoms with Crippen LogP contribution >= 0.6 is 11.3 Å². The monoisotopic (exact) mass is 391 g/mol. The van der Waals surface area contributed by atoms with E-state index >= 15 is 0 Å². The van der Waals surface area contributed by atoms with Crippen molar-refractivity contribution < 1.29 is 13.2 Å². The molecule has 1 N–H and O–H groups in total. The minimum atomic E-state index is -3.73. The Morgan fingerprint density at radius 2 is 2.08 bits per heavy atom. The third-order valence-corrected chi connectivity index (χ3v) is 6.45. The third kappa shape index (κ3) is 3.82. The van der Waals surface area contributed by atoms with Crippen LogP contribution in [-0.4, -0.2) is 31.9 Å². The van der Waals surface area contributed by atoms with E-state index in [-0.39, 0.29) is 17.5 Å². The van der Waals surface area contributed by atoms with Crippen molar-refractivity contribution in [1.82, 2.24) is 14.5 Å². The Morgan fingerprint density at radius 1 is 1.31 bits per heavy atom. The quantitative estimate of drug-likeness (QED) is 0.672. The first-order valence-electron chi connectivity index (χ1n) is 8.08. The molecule has 2 heterocycles. The number of methoxy groups -OCH3 is 1. The maximum Gasteiger partial charge on any atom is 0.244 e. The summed E-state index contributed by atoms with van der Waals surface area (Å²) < 4.78 is 35.5. The second-order valence-corrected chi connectivity index (χ2v) is 8.51. The Labute approximate surface area is 157 Å². The highest BCUT2D eigenvalue weighted by Crippen LogP contribution is 2.28. The molecule has 0 amide bonds. The van der Waals surface area contributed by atoms with E-state index in [4.69, 9.17) is 4.74 Å². The maximum absolute atomic E-state index is 12.9. The molecule has 3 rings (SSSR count). The molecule has 0 spiro atoms. The molecule has 3 aromatic rings. The first-order valence-corrected chi connectivity index (χ1v) is 10.5. The summed E-state index contributed by atoms with van der Waals surface area (Å²) in [5, 5.41) is 8.23. The van der Waals surface area contributed by atoms with Crippen LogP contribution in [0.4, 0.5) is 0 Å². The van der Waals surface area contributed by atoms with Crippen molar-refractivity contribution in [3.05, 3.63) is 64.1 Å². The molecule has 8 heteroatoms. The zero-order valence-electron chi connectivity index (χ0n) is 14.8. The Bertz CT molecular complexity index is 931. The summed E-state index contributed by atoms with van der Waals surface area (Å²) in [5.74, 6) is 0.340. The summed E-state index contributed by atoms with van der Waals surface area (Å²) in [6.45, 7) is 3.99.